The second kappa shape index (κ2) is 10.3. The predicted molar refractivity (Wildman–Crippen MR) is 133 cm³/mol. The smallest absolute Gasteiger partial charge is 0.309 e. The van der Waals surface area contributed by atoms with Gasteiger partial charge in [0.2, 0.25) is 10.0 Å². The van der Waals surface area contributed by atoms with Gasteiger partial charge in [0, 0.05) is 18.5 Å². The summed E-state index contributed by atoms with van der Waals surface area (Å²) < 4.78 is 36.4. The number of carbonyl (C=O) groups is 1. The fourth-order valence-corrected chi connectivity index (χ4v) is 6.58. The van der Waals surface area contributed by atoms with E-state index in [-0.39, 0.29) is 29.8 Å². The molecule has 2 heterocycles. The molecule has 1 saturated heterocycles. The lowest BCUT2D eigenvalue weighted by Crippen LogP contribution is -2.30. The number of fused-ring (bicyclic) bond motifs is 1. The maximum Gasteiger partial charge on any atom is 0.309 e. The fraction of sp³-hybridized carbons (Fsp3) is 0.440. The third kappa shape index (κ3) is 5.05. The number of aryl methyl sites for hydroxylation is 1. The molecule has 0 unspecified atom stereocenters. The highest BCUT2D eigenvalue weighted by Crippen LogP contribution is 2.36. The molecule has 9 nitrogen and oxygen atoms in total. The molecule has 188 valence electrons. The van der Waals surface area contributed by atoms with Gasteiger partial charge in [0.15, 0.2) is 0 Å². The van der Waals surface area contributed by atoms with Crippen LogP contribution in [0.3, 0.4) is 0 Å². The lowest BCUT2D eigenvalue weighted by molar-refractivity contribution is -0.136. The molecule has 3 aromatic rings. The Labute approximate surface area is 205 Å². The number of carboxylic acids is 1. The van der Waals surface area contributed by atoms with E-state index in [4.69, 9.17) is 10.5 Å². The molecular formula is C25H32N4O5S. The molecule has 4 rings (SSSR count). The van der Waals surface area contributed by atoms with Crippen molar-refractivity contribution in [3.63, 3.8) is 0 Å². The largest absolute Gasteiger partial charge is 0.494 e. The van der Waals surface area contributed by atoms with E-state index in [1.165, 1.54) is 4.31 Å². The first kappa shape index (κ1) is 25.2. The van der Waals surface area contributed by atoms with Gasteiger partial charge in [-0.25, -0.2) is 8.42 Å². The molecule has 1 aliphatic rings. The van der Waals surface area contributed by atoms with Crippen molar-refractivity contribution < 1.29 is 23.1 Å². The zero-order chi connectivity index (χ0) is 25.2. The first-order chi connectivity index (χ1) is 16.8. The van der Waals surface area contributed by atoms with Crippen molar-refractivity contribution in [1.29, 1.82) is 0 Å². The molecule has 2 aromatic carbocycles. The minimum atomic E-state index is -3.77. The fourth-order valence-electron chi connectivity index (χ4n) is 4.79. The summed E-state index contributed by atoms with van der Waals surface area (Å²) in [4.78, 5) is 11.6. The summed E-state index contributed by atoms with van der Waals surface area (Å²) in [5, 5.41) is 14.7. The van der Waals surface area contributed by atoms with Crippen molar-refractivity contribution in [3.05, 3.63) is 53.7 Å². The molecule has 0 amide bonds. The van der Waals surface area contributed by atoms with Crippen LogP contribution >= 0.6 is 0 Å². The summed E-state index contributed by atoms with van der Waals surface area (Å²) in [6.45, 7) is 5.45. The zero-order valence-corrected chi connectivity index (χ0v) is 20.9. The molecule has 10 heteroatoms. The zero-order valence-electron chi connectivity index (χ0n) is 20.1. The molecule has 1 aliphatic heterocycles. The number of hydrogen-bond donors (Lipinski definition) is 2. The number of aliphatic carboxylic acids is 1. The van der Waals surface area contributed by atoms with Crippen LogP contribution in [0.4, 0.5) is 0 Å². The van der Waals surface area contributed by atoms with Crippen LogP contribution in [0.15, 0.2) is 47.4 Å². The van der Waals surface area contributed by atoms with Gasteiger partial charge in [-0.2, -0.15) is 9.40 Å². The second-order valence-corrected chi connectivity index (χ2v) is 10.8. The van der Waals surface area contributed by atoms with Gasteiger partial charge in [-0.1, -0.05) is 25.1 Å². The maximum atomic E-state index is 13.8. The molecule has 0 radical (unpaired) electrons. The Morgan fingerprint density at radius 1 is 1.23 bits per heavy atom. The Hall–Kier alpha value is -2.95. The maximum absolute atomic E-state index is 13.8. The molecule has 0 bridgehead atoms. The van der Waals surface area contributed by atoms with E-state index in [1.807, 2.05) is 38.1 Å². The van der Waals surface area contributed by atoms with Gasteiger partial charge in [0.05, 0.1) is 35.2 Å². The van der Waals surface area contributed by atoms with Crippen LogP contribution in [0.1, 0.15) is 37.6 Å². The molecular weight excluding hydrogens is 468 g/mol. The molecule has 0 saturated carbocycles. The summed E-state index contributed by atoms with van der Waals surface area (Å²) in [7, 11) is -3.77. The third-order valence-electron chi connectivity index (χ3n) is 6.47. The van der Waals surface area contributed by atoms with Crippen LogP contribution in [0, 0.1) is 5.92 Å². The standard InChI is InChI=1S/C25H32N4O5S/c1-3-34-19-10-11-24(18(13-19)7-6-12-26)35(32,33)28-15-17(2)23(16-28)29-22-9-5-4-8-20(22)21(27-29)14-25(30)31/h4-5,8-11,13,17,23H,3,6-7,12,14-16,26H2,1-2H3,(H,30,31)/t17-,23+/m1/s1. The SMILES string of the molecule is CCOc1ccc(S(=O)(=O)N2C[C@@H](C)[C@@H](n3nc(CC(=O)O)c4ccccc43)C2)c(CCCN)c1. The van der Waals surface area contributed by atoms with Crippen LogP contribution in [0.25, 0.3) is 10.9 Å². The van der Waals surface area contributed by atoms with E-state index in [1.54, 1.807) is 22.9 Å². The van der Waals surface area contributed by atoms with Crippen LogP contribution in [-0.4, -0.2) is 59.8 Å². The molecule has 0 aliphatic carbocycles. The molecule has 2 atom stereocenters. The van der Waals surface area contributed by atoms with Gasteiger partial charge in [-0.3, -0.25) is 9.48 Å². The van der Waals surface area contributed by atoms with Gasteiger partial charge >= 0.3 is 5.97 Å². The highest BCUT2D eigenvalue weighted by atomic mass is 32.2. The van der Waals surface area contributed by atoms with Gasteiger partial charge in [-0.15, -0.1) is 0 Å². The van der Waals surface area contributed by atoms with E-state index < -0.39 is 16.0 Å². The first-order valence-electron chi connectivity index (χ1n) is 11.9. The lowest BCUT2D eigenvalue weighted by Gasteiger charge is -2.20. The van der Waals surface area contributed by atoms with Crippen molar-refractivity contribution in [2.45, 2.75) is 44.0 Å². The second-order valence-electron chi connectivity index (χ2n) is 8.94. The number of benzene rings is 2. The lowest BCUT2D eigenvalue weighted by atomic mass is 10.1. The van der Waals surface area contributed by atoms with E-state index in [2.05, 4.69) is 5.10 Å². The van der Waals surface area contributed by atoms with Crippen molar-refractivity contribution in [1.82, 2.24) is 14.1 Å². The van der Waals surface area contributed by atoms with Crippen molar-refractivity contribution >= 4 is 26.9 Å². The van der Waals surface area contributed by atoms with Crippen LogP contribution < -0.4 is 10.5 Å². The van der Waals surface area contributed by atoms with Gasteiger partial charge in [-0.05, 0) is 62.1 Å². The number of para-hydroxylation sites is 1. The molecule has 1 fully saturated rings. The summed E-state index contributed by atoms with van der Waals surface area (Å²) in [6, 6.07) is 12.4. The Morgan fingerprint density at radius 2 is 2.00 bits per heavy atom. The molecule has 35 heavy (non-hydrogen) atoms. The van der Waals surface area contributed by atoms with Gasteiger partial charge < -0.3 is 15.6 Å². The number of rotatable bonds is 10. The number of nitrogens with zero attached hydrogens (tertiary/aromatic N) is 3. The van der Waals surface area contributed by atoms with Crippen molar-refractivity contribution in [2.24, 2.45) is 11.7 Å². The van der Waals surface area contributed by atoms with Crippen LogP contribution in [0.5, 0.6) is 5.75 Å². The quantitative estimate of drug-likeness (QED) is 0.438. The number of hydrogen-bond acceptors (Lipinski definition) is 6. The number of aromatic nitrogens is 2. The number of ether oxygens (including phenoxy) is 1. The average molecular weight is 501 g/mol. The van der Waals surface area contributed by atoms with Crippen LogP contribution in [-0.2, 0) is 27.7 Å². The number of sulfonamides is 1. The first-order valence-corrected chi connectivity index (χ1v) is 13.3. The van der Waals surface area contributed by atoms with E-state index in [0.29, 0.717) is 49.5 Å². The summed E-state index contributed by atoms with van der Waals surface area (Å²) in [6.07, 6.45) is 1.03. The summed E-state index contributed by atoms with van der Waals surface area (Å²) >= 11 is 0. The van der Waals surface area contributed by atoms with E-state index >= 15 is 0 Å². The third-order valence-corrected chi connectivity index (χ3v) is 8.41. The Bertz CT molecular complexity index is 1320. The normalized spacial score (nSPS) is 18.8. The summed E-state index contributed by atoms with van der Waals surface area (Å²) in [5.74, 6) is -0.328. The van der Waals surface area contributed by atoms with Crippen LogP contribution in [0.2, 0.25) is 0 Å². The Kier molecular flexibility index (Phi) is 7.44. The van der Waals surface area contributed by atoms with E-state index in [9.17, 15) is 18.3 Å². The Morgan fingerprint density at radius 3 is 2.71 bits per heavy atom. The monoisotopic (exact) mass is 500 g/mol. The van der Waals surface area contributed by atoms with Gasteiger partial charge in [0.25, 0.3) is 0 Å². The highest BCUT2D eigenvalue weighted by Gasteiger charge is 2.40. The molecule has 1 aromatic heterocycles. The predicted octanol–water partition coefficient (Wildman–Crippen LogP) is 2.84. The number of nitrogens with two attached hydrogens (primary N) is 1. The highest BCUT2D eigenvalue weighted by molar-refractivity contribution is 7.89. The average Bonchev–Trinajstić information content (AvgIpc) is 3.38. The van der Waals surface area contributed by atoms with E-state index in [0.717, 1.165) is 10.9 Å². The molecule has 0 spiro atoms. The Balaban J connectivity index is 1.67. The summed E-state index contributed by atoms with van der Waals surface area (Å²) in [5.41, 5.74) is 7.69. The minimum absolute atomic E-state index is 0.0130. The van der Waals surface area contributed by atoms with Crippen molar-refractivity contribution in [2.75, 3.05) is 26.2 Å². The molecule has 3 N–H and O–H groups in total. The number of carboxylic acid groups (broad SMARTS) is 1. The van der Waals surface area contributed by atoms with Crippen molar-refractivity contribution in [3.8, 4) is 5.75 Å². The topological polar surface area (TPSA) is 128 Å². The minimum Gasteiger partial charge on any atom is -0.494 e. The van der Waals surface area contributed by atoms with Gasteiger partial charge in [0.1, 0.15) is 5.75 Å².